The monoisotopic (exact) mass is 383 g/mol. The first kappa shape index (κ1) is 21.2. The van der Waals surface area contributed by atoms with Gasteiger partial charge in [0.05, 0.1) is 13.2 Å². The summed E-state index contributed by atoms with van der Waals surface area (Å²) in [6, 6.07) is 13.8. The van der Waals surface area contributed by atoms with Gasteiger partial charge in [0.1, 0.15) is 16.9 Å². The molecule has 2 rings (SSSR count). The molecule has 2 aromatic carbocycles. The molecule has 2 aromatic rings. The molecule has 0 unspecified atom stereocenters. The predicted molar refractivity (Wildman–Crippen MR) is 109 cm³/mol. The summed E-state index contributed by atoms with van der Waals surface area (Å²) in [5.41, 5.74) is 0.680. The summed E-state index contributed by atoms with van der Waals surface area (Å²) in [7, 11) is 1.54. The van der Waals surface area contributed by atoms with Crippen LogP contribution in [0.3, 0.4) is 0 Å². The highest BCUT2D eigenvalue weighted by Gasteiger charge is 2.38. The highest BCUT2D eigenvalue weighted by Crippen LogP contribution is 2.35. The van der Waals surface area contributed by atoms with Gasteiger partial charge in [0.2, 0.25) is 0 Å². The van der Waals surface area contributed by atoms with Crippen LogP contribution in [-0.2, 0) is 0 Å². The number of rotatable bonds is 7. The van der Waals surface area contributed by atoms with Crippen molar-refractivity contribution < 1.29 is 25.2 Å². The second kappa shape index (κ2) is 9.21. The summed E-state index contributed by atoms with van der Waals surface area (Å²) in [4.78, 5) is 11.7. The van der Waals surface area contributed by atoms with Gasteiger partial charge in [-0.05, 0) is 47.9 Å². The van der Waals surface area contributed by atoms with Crippen LogP contribution >= 0.6 is 0 Å². The summed E-state index contributed by atoms with van der Waals surface area (Å²) in [5, 5.41) is 43.5. The molecule has 0 aliphatic heterocycles. The molecule has 148 valence electrons. The Bertz CT molecular complexity index is 883. The highest BCUT2D eigenvalue weighted by atomic mass is 16.3. The molecule has 0 aliphatic rings. The van der Waals surface area contributed by atoms with E-state index in [1.807, 2.05) is 6.07 Å². The van der Waals surface area contributed by atoms with Crippen molar-refractivity contribution in [3.05, 3.63) is 82.3 Å². The molecule has 0 fully saturated rings. The fourth-order valence-corrected chi connectivity index (χ4v) is 2.76. The van der Waals surface area contributed by atoms with Gasteiger partial charge in [0.15, 0.2) is 0 Å². The zero-order chi connectivity index (χ0) is 20.7. The van der Waals surface area contributed by atoms with Crippen molar-refractivity contribution in [3.8, 4) is 0 Å². The Morgan fingerprint density at radius 2 is 1.61 bits per heavy atom. The number of aliphatic hydroxyl groups excluding tert-OH is 4. The minimum Gasteiger partial charge on any atom is -0.511 e. The van der Waals surface area contributed by atoms with E-state index in [0.717, 1.165) is 0 Å². The van der Waals surface area contributed by atoms with E-state index < -0.39 is 24.4 Å². The van der Waals surface area contributed by atoms with Crippen LogP contribution in [0.1, 0.15) is 27.0 Å². The van der Waals surface area contributed by atoms with Crippen molar-refractivity contribution in [1.82, 2.24) is 5.32 Å². The van der Waals surface area contributed by atoms with Crippen LogP contribution in [0.5, 0.6) is 0 Å². The molecule has 0 heterocycles. The number of amides is 1. The number of hydrogen-bond donors (Lipinski definition) is 5. The molecule has 6 heteroatoms. The standard InChI is InChI=1S/C22H25NO5/c1-15-10-18(21(28)23-2)9-8-17(15)12-20(27)22(13-24,14-25)19(26)11-16-6-4-3-5-7-16/h3-12,24-27H,13-14H2,1-2H3,(H,23,28). The van der Waals surface area contributed by atoms with Gasteiger partial charge in [0.25, 0.3) is 5.91 Å². The van der Waals surface area contributed by atoms with Crippen molar-refractivity contribution in [2.45, 2.75) is 6.92 Å². The molecule has 0 radical (unpaired) electrons. The van der Waals surface area contributed by atoms with Crippen LogP contribution in [0.2, 0.25) is 0 Å². The van der Waals surface area contributed by atoms with Crippen LogP contribution < -0.4 is 5.32 Å². The molecular formula is C22H25NO5. The van der Waals surface area contributed by atoms with Crippen LogP contribution in [0.15, 0.2) is 60.0 Å². The van der Waals surface area contributed by atoms with E-state index in [4.69, 9.17) is 0 Å². The molecule has 0 bridgehead atoms. The molecule has 5 N–H and O–H groups in total. The third kappa shape index (κ3) is 4.42. The molecule has 0 saturated carbocycles. The summed E-state index contributed by atoms with van der Waals surface area (Å²) in [6.07, 6.45) is 2.75. The fourth-order valence-electron chi connectivity index (χ4n) is 2.76. The third-order valence-electron chi connectivity index (χ3n) is 4.67. The minimum absolute atomic E-state index is 0.230. The SMILES string of the molecule is CNC(=O)c1ccc(C=C(O)C(CO)(CO)C(O)=Cc2ccccc2)c(C)c1. The first-order valence-corrected chi connectivity index (χ1v) is 8.79. The Kier molecular flexibility index (Phi) is 6.98. The maximum absolute atomic E-state index is 11.7. The Hall–Kier alpha value is -3.09. The largest absolute Gasteiger partial charge is 0.511 e. The topological polar surface area (TPSA) is 110 Å². The first-order chi connectivity index (χ1) is 13.4. The second-order valence-electron chi connectivity index (χ2n) is 6.52. The number of nitrogens with one attached hydrogen (secondary N) is 1. The van der Waals surface area contributed by atoms with E-state index in [2.05, 4.69) is 5.32 Å². The number of carbonyl (C=O) groups is 1. The Morgan fingerprint density at radius 1 is 1.00 bits per heavy atom. The van der Waals surface area contributed by atoms with Crippen molar-refractivity contribution in [3.63, 3.8) is 0 Å². The summed E-state index contributed by atoms with van der Waals surface area (Å²) in [5.74, 6) is -0.985. The van der Waals surface area contributed by atoms with E-state index in [1.165, 1.54) is 19.2 Å². The lowest BCUT2D eigenvalue weighted by Gasteiger charge is -2.28. The molecule has 0 saturated heterocycles. The van der Waals surface area contributed by atoms with Gasteiger partial charge in [-0.15, -0.1) is 0 Å². The zero-order valence-electron chi connectivity index (χ0n) is 15.9. The van der Waals surface area contributed by atoms with Gasteiger partial charge in [0, 0.05) is 12.6 Å². The predicted octanol–water partition coefficient (Wildman–Crippen LogP) is 2.82. The molecule has 28 heavy (non-hydrogen) atoms. The third-order valence-corrected chi connectivity index (χ3v) is 4.67. The lowest BCUT2D eigenvalue weighted by atomic mass is 9.83. The second-order valence-corrected chi connectivity index (χ2v) is 6.52. The zero-order valence-corrected chi connectivity index (χ0v) is 15.9. The molecule has 0 spiro atoms. The van der Waals surface area contributed by atoms with Crippen LogP contribution in [0.4, 0.5) is 0 Å². The fraction of sp³-hybridized carbons (Fsp3) is 0.227. The molecule has 0 aliphatic carbocycles. The van der Waals surface area contributed by atoms with Crippen molar-refractivity contribution in [1.29, 1.82) is 0 Å². The number of aryl methyl sites for hydroxylation is 1. The lowest BCUT2D eigenvalue weighted by molar-refractivity contribution is 0.0487. The van der Waals surface area contributed by atoms with Gasteiger partial charge in [-0.1, -0.05) is 36.4 Å². The normalized spacial score (nSPS) is 12.7. The number of benzene rings is 2. The minimum atomic E-state index is -1.75. The number of aliphatic hydroxyl groups is 4. The quantitative estimate of drug-likeness (QED) is 0.472. The van der Waals surface area contributed by atoms with Gasteiger partial charge in [-0.25, -0.2) is 0 Å². The van der Waals surface area contributed by atoms with E-state index >= 15 is 0 Å². The van der Waals surface area contributed by atoms with Crippen molar-refractivity contribution in [2.75, 3.05) is 20.3 Å². The average Bonchev–Trinajstić information content (AvgIpc) is 2.71. The van der Waals surface area contributed by atoms with Crippen LogP contribution in [0, 0.1) is 12.3 Å². The first-order valence-electron chi connectivity index (χ1n) is 8.79. The summed E-state index contributed by atoms with van der Waals surface area (Å²) in [6.45, 7) is 0.373. The van der Waals surface area contributed by atoms with E-state index in [-0.39, 0.29) is 11.7 Å². The maximum Gasteiger partial charge on any atom is 0.251 e. The summed E-state index contributed by atoms with van der Waals surface area (Å²) >= 11 is 0. The van der Waals surface area contributed by atoms with Crippen LogP contribution in [0.25, 0.3) is 12.2 Å². The average molecular weight is 383 g/mol. The molecule has 0 aromatic heterocycles. The smallest absolute Gasteiger partial charge is 0.251 e. The van der Waals surface area contributed by atoms with E-state index in [9.17, 15) is 25.2 Å². The van der Waals surface area contributed by atoms with Gasteiger partial charge in [-0.2, -0.15) is 0 Å². The van der Waals surface area contributed by atoms with Gasteiger partial charge < -0.3 is 25.7 Å². The maximum atomic E-state index is 11.7. The van der Waals surface area contributed by atoms with E-state index in [0.29, 0.717) is 22.3 Å². The summed E-state index contributed by atoms with van der Waals surface area (Å²) < 4.78 is 0. The molecular weight excluding hydrogens is 358 g/mol. The van der Waals surface area contributed by atoms with Crippen molar-refractivity contribution >= 4 is 18.1 Å². The van der Waals surface area contributed by atoms with Gasteiger partial charge >= 0.3 is 0 Å². The van der Waals surface area contributed by atoms with Crippen molar-refractivity contribution in [2.24, 2.45) is 5.41 Å². The Morgan fingerprint density at radius 3 is 2.14 bits per heavy atom. The lowest BCUT2D eigenvalue weighted by Crippen LogP contribution is -2.34. The Labute approximate surface area is 164 Å². The van der Waals surface area contributed by atoms with E-state index in [1.54, 1.807) is 49.4 Å². The van der Waals surface area contributed by atoms with Gasteiger partial charge in [-0.3, -0.25) is 4.79 Å². The molecule has 0 atom stereocenters. The number of hydrogen-bond acceptors (Lipinski definition) is 5. The van der Waals surface area contributed by atoms with Crippen LogP contribution in [-0.4, -0.2) is 46.6 Å². The number of carbonyl (C=O) groups excluding carboxylic acids is 1. The Balaban J connectivity index is 2.45. The molecule has 1 amide bonds. The highest BCUT2D eigenvalue weighted by molar-refractivity contribution is 5.94. The molecule has 6 nitrogen and oxygen atoms in total.